The summed E-state index contributed by atoms with van der Waals surface area (Å²) >= 11 is 6.21. The zero-order chi connectivity index (χ0) is 19.7. The molecule has 0 atom stereocenters. The molecule has 2 aromatic carbocycles. The molecule has 2 heterocycles. The van der Waals surface area contributed by atoms with E-state index in [1.54, 1.807) is 18.2 Å². The van der Waals surface area contributed by atoms with Crippen molar-refractivity contribution in [1.29, 1.82) is 0 Å². The number of furan rings is 1. The Kier molecular flexibility index (Phi) is 4.71. The highest BCUT2D eigenvalue weighted by atomic mass is 35.5. The minimum atomic E-state index is -0.369. The van der Waals surface area contributed by atoms with Gasteiger partial charge in [-0.15, -0.1) is 0 Å². The Bertz CT molecular complexity index is 1190. The van der Waals surface area contributed by atoms with E-state index in [4.69, 9.17) is 20.8 Å². The lowest BCUT2D eigenvalue weighted by atomic mass is 10.1. The summed E-state index contributed by atoms with van der Waals surface area (Å²) < 4.78 is 10.8. The summed E-state index contributed by atoms with van der Waals surface area (Å²) in [6.45, 7) is 1.89. The smallest absolute Gasteiger partial charge is 0.258 e. The highest BCUT2D eigenvalue weighted by Crippen LogP contribution is 2.29. The number of hydrogen-bond donors (Lipinski definition) is 1. The van der Waals surface area contributed by atoms with Crippen LogP contribution in [0.3, 0.4) is 0 Å². The fraction of sp³-hybridized carbons (Fsp3) is 0.0952. The lowest BCUT2D eigenvalue weighted by Crippen LogP contribution is -2.14. The molecule has 140 valence electrons. The van der Waals surface area contributed by atoms with Gasteiger partial charge in [-0.1, -0.05) is 11.6 Å². The van der Waals surface area contributed by atoms with Gasteiger partial charge in [0, 0.05) is 10.9 Å². The van der Waals surface area contributed by atoms with Gasteiger partial charge in [0.1, 0.15) is 29.4 Å². The highest BCUT2D eigenvalue weighted by molar-refractivity contribution is 6.34. The minimum Gasteiger partial charge on any atom is -0.497 e. The number of nitrogens with zero attached hydrogens (tertiary/aromatic N) is 2. The molecule has 4 rings (SSSR count). The number of fused-ring (bicyclic) bond motifs is 1. The van der Waals surface area contributed by atoms with E-state index >= 15 is 0 Å². The summed E-state index contributed by atoms with van der Waals surface area (Å²) in [6, 6.07) is 14.3. The maximum atomic E-state index is 12.7. The second-order valence-electron chi connectivity index (χ2n) is 6.16. The Hall–Kier alpha value is -3.38. The first kappa shape index (κ1) is 18.0. The van der Waals surface area contributed by atoms with Crippen LogP contribution in [0.5, 0.6) is 5.75 Å². The molecular formula is C21H16ClN3O3. The molecule has 0 fully saturated rings. The van der Waals surface area contributed by atoms with Gasteiger partial charge in [0.25, 0.3) is 5.91 Å². The lowest BCUT2D eigenvalue weighted by molar-refractivity contribution is 0.102. The number of ether oxygens (including phenoxy) is 1. The van der Waals surface area contributed by atoms with E-state index in [2.05, 4.69) is 15.3 Å². The Morgan fingerprint density at radius 2 is 1.96 bits per heavy atom. The molecule has 6 nitrogen and oxygen atoms in total. The quantitative estimate of drug-likeness (QED) is 0.521. The first-order chi connectivity index (χ1) is 13.5. The molecule has 1 amide bonds. The first-order valence-corrected chi connectivity index (χ1v) is 8.89. The largest absolute Gasteiger partial charge is 0.497 e. The monoisotopic (exact) mass is 393 g/mol. The predicted molar refractivity (Wildman–Crippen MR) is 108 cm³/mol. The van der Waals surface area contributed by atoms with Gasteiger partial charge >= 0.3 is 0 Å². The average molecular weight is 394 g/mol. The number of methoxy groups -OCH3 is 1. The third-order valence-corrected chi connectivity index (χ3v) is 4.63. The number of amides is 1. The van der Waals surface area contributed by atoms with Crippen molar-refractivity contribution in [2.45, 2.75) is 6.92 Å². The maximum absolute atomic E-state index is 12.7. The van der Waals surface area contributed by atoms with Crippen molar-refractivity contribution in [3.05, 3.63) is 71.2 Å². The van der Waals surface area contributed by atoms with Crippen molar-refractivity contribution < 1.29 is 13.9 Å². The van der Waals surface area contributed by atoms with E-state index in [0.29, 0.717) is 33.1 Å². The van der Waals surface area contributed by atoms with Crippen LogP contribution in [0.2, 0.25) is 5.02 Å². The minimum absolute atomic E-state index is 0.293. The third kappa shape index (κ3) is 3.42. The number of nitrogens with one attached hydrogen (secondary N) is 1. The fourth-order valence-corrected chi connectivity index (χ4v) is 3.14. The molecule has 0 saturated heterocycles. The van der Waals surface area contributed by atoms with E-state index in [1.165, 1.54) is 13.4 Å². The number of carbonyl (C=O) groups is 1. The van der Waals surface area contributed by atoms with Gasteiger partial charge in [0.2, 0.25) is 0 Å². The van der Waals surface area contributed by atoms with Gasteiger partial charge in [-0.05, 0) is 55.5 Å². The summed E-state index contributed by atoms with van der Waals surface area (Å²) in [5.74, 6) is 2.16. The SMILES string of the molecule is COc1ccc(C(=O)Nc2ncnc3ccc(-c4ccc(C)o4)cc23)c(Cl)c1. The Morgan fingerprint density at radius 1 is 1.11 bits per heavy atom. The number of anilines is 1. The molecular weight excluding hydrogens is 378 g/mol. The van der Waals surface area contributed by atoms with Gasteiger partial charge in [0.05, 0.1) is 23.2 Å². The number of halogens is 1. The molecule has 0 aliphatic heterocycles. The van der Waals surface area contributed by atoms with Crippen LogP contribution < -0.4 is 10.1 Å². The van der Waals surface area contributed by atoms with Gasteiger partial charge in [-0.3, -0.25) is 4.79 Å². The Labute approximate surface area is 166 Å². The van der Waals surface area contributed by atoms with Crippen molar-refractivity contribution >= 4 is 34.2 Å². The summed E-state index contributed by atoms with van der Waals surface area (Å²) in [6.07, 6.45) is 1.41. The summed E-state index contributed by atoms with van der Waals surface area (Å²) in [7, 11) is 1.54. The number of rotatable bonds is 4. The van der Waals surface area contributed by atoms with E-state index in [0.717, 1.165) is 17.1 Å². The van der Waals surface area contributed by atoms with Gasteiger partial charge in [0.15, 0.2) is 0 Å². The van der Waals surface area contributed by atoms with Crippen LogP contribution in [-0.2, 0) is 0 Å². The molecule has 0 bridgehead atoms. The van der Waals surface area contributed by atoms with Gasteiger partial charge in [-0.25, -0.2) is 9.97 Å². The number of benzene rings is 2. The standard InChI is InChI=1S/C21H16ClN3O3/c1-12-3-8-19(28-12)13-4-7-18-16(9-13)20(24-11-23-18)25-21(26)15-6-5-14(27-2)10-17(15)22/h3-11H,1-2H3,(H,23,24,25,26). The zero-order valence-electron chi connectivity index (χ0n) is 15.2. The molecule has 7 heteroatoms. The number of aromatic nitrogens is 2. The average Bonchev–Trinajstić information content (AvgIpc) is 3.14. The van der Waals surface area contributed by atoms with Crippen molar-refractivity contribution in [3.63, 3.8) is 0 Å². The normalized spacial score (nSPS) is 10.8. The molecule has 4 aromatic rings. The van der Waals surface area contributed by atoms with Gasteiger partial charge < -0.3 is 14.5 Å². The number of aryl methyl sites for hydroxylation is 1. The van der Waals surface area contributed by atoms with Crippen LogP contribution in [-0.4, -0.2) is 23.0 Å². The van der Waals surface area contributed by atoms with Crippen LogP contribution in [0, 0.1) is 6.92 Å². The first-order valence-electron chi connectivity index (χ1n) is 8.51. The molecule has 0 unspecified atom stereocenters. The molecule has 0 aliphatic carbocycles. The van der Waals surface area contributed by atoms with Gasteiger partial charge in [-0.2, -0.15) is 0 Å². The van der Waals surface area contributed by atoms with E-state index in [-0.39, 0.29) is 5.91 Å². The summed E-state index contributed by atoms with van der Waals surface area (Å²) in [5, 5.41) is 3.81. The second-order valence-corrected chi connectivity index (χ2v) is 6.57. The van der Waals surface area contributed by atoms with Crippen molar-refractivity contribution in [2.75, 3.05) is 12.4 Å². The summed E-state index contributed by atoms with van der Waals surface area (Å²) in [5.41, 5.74) is 1.90. The summed E-state index contributed by atoms with van der Waals surface area (Å²) in [4.78, 5) is 21.2. The van der Waals surface area contributed by atoms with Crippen LogP contribution in [0.25, 0.3) is 22.2 Å². The molecule has 2 aromatic heterocycles. The molecule has 0 radical (unpaired) electrons. The second kappa shape index (κ2) is 7.32. The molecule has 28 heavy (non-hydrogen) atoms. The Balaban J connectivity index is 1.71. The fourth-order valence-electron chi connectivity index (χ4n) is 2.88. The van der Waals surface area contributed by atoms with Crippen molar-refractivity contribution in [2.24, 2.45) is 0 Å². The molecule has 0 aliphatic rings. The molecule has 0 spiro atoms. The van der Waals surface area contributed by atoms with Crippen LogP contribution in [0.4, 0.5) is 5.82 Å². The van der Waals surface area contributed by atoms with Crippen LogP contribution in [0.15, 0.2) is 59.3 Å². The number of carbonyl (C=O) groups excluding carboxylic acids is 1. The Morgan fingerprint density at radius 3 is 2.68 bits per heavy atom. The third-order valence-electron chi connectivity index (χ3n) is 4.31. The van der Waals surface area contributed by atoms with E-state index in [9.17, 15) is 4.79 Å². The molecule has 1 N–H and O–H groups in total. The topological polar surface area (TPSA) is 77.2 Å². The predicted octanol–water partition coefficient (Wildman–Crippen LogP) is 5.11. The number of hydrogen-bond acceptors (Lipinski definition) is 5. The lowest BCUT2D eigenvalue weighted by Gasteiger charge is -2.10. The van der Waals surface area contributed by atoms with Crippen molar-refractivity contribution in [1.82, 2.24) is 9.97 Å². The van der Waals surface area contributed by atoms with E-state index in [1.807, 2.05) is 37.3 Å². The van der Waals surface area contributed by atoms with E-state index < -0.39 is 0 Å². The van der Waals surface area contributed by atoms with Crippen molar-refractivity contribution in [3.8, 4) is 17.1 Å². The molecule has 0 saturated carbocycles. The van der Waals surface area contributed by atoms with Crippen LogP contribution in [0.1, 0.15) is 16.1 Å². The maximum Gasteiger partial charge on any atom is 0.258 e. The van der Waals surface area contributed by atoms with Crippen LogP contribution >= 0.6 is 11.6 Å². The highest BCUT2D eigenvalue weighted by Gasteiger charge is 2.15. The zero-order valence-corrected chi connectivity index (χ0v) is 15.9.